The lowest BCUT2D eigenvalue weighted by atomic mass is 9.85. The summed E-state index contributed by atoms with van der Waals surface area (Å²) in [7, 11) is 4.87. The molecular formula is C63H66F3N13O20S5. The van der Waals surface area contributed by atoms with Gasteiger partial charge in [-0.3, -0.25) is 19.2 Å². The molecule has 4 aliphatic heterocycles. The number of carboxylic acid groups (broad SMARTS) is 1. The molecule has 12 N–H and O–H groups in total. The van der Waals surface area contributed by atoms with Crippen molar-refractivity contribution in [2.24, 2.45) is 0 Å². The molecule has 1 fully saturated rings. The number of nitrogens with zero attached hydrogens (tertiary/aromatic N) is 8. The highest BCUT2D eigenvalue weighted by Gasteiger charge is 2.50. The van der Waals surface area contributed by atoms with E-state index in [1.54, 1.807) is 55.7 Å². The number of aliphatic hydroxyl groups excluding tert-OH is 3. The highest BCUT2D eigenvalue weighted by atomic mass is 32.1. The minimum atomic E-state index is -5.08. The Balaban J connectivity index is 0.00000147. The SMILES string of the molecule is CO/C(C)=C1/NC(=O)[C@H]([C@@H](C)O)NC(=O)c2csc(n2)-c2cc(O)c(-c3nc(CNCC(O)CO)cs3)nc2-c2csc(n2)[C@@H]2COC(=O)c3c4c5c(cccc5n3O)COC(=O)[C@@H](O[C@H]3C[C@](C)(O)[C@H](N(C)C)[C@H](C)O3)[C@@H](OC4)[C@H](NC(=O)c3csc1n3)c1nc(cs1)C(=O)N2.O=C(O)C(F)(F)F. The molecule has 1 saturated heterocycles. The quantitative estimate of drug-likeness (QED) is 0.0489. The number of pyridine rings is 1. The maximum absolute atomic E-state index is 15.2. The summed E-state index contributed by atoms with van der Waals surface area (Å²) < 4.78 is 70.0. The Kier molecular flexibility index (Phi) is 22.9. The normalized spacial score (nSPS) is 23.8. The second-order valence-corrected chi connectivity index (χ2v) is 28.8. The number of nitrogens with one attached hydrogen (secondary N) is 5. The van der Waals surface area contributed by atoms with E-state index in [2.05, 4.69) is 41.5 Å². The fourth-order valence-electron chi connectivity index (χ4n) is 11.9. The van der Waals surface area contributed by atoms with Crippen LogP contribution in [0.15, 0.2) is 56.9 Å². The van der Waals surface area contributed by atoms with E-state index in [0.29, 0.717) is 16.0 Å². The van der Waals surface area contributed by atoms with Gasteiger partial charge in [-0.25, -0.2) is 44.3 Å². The van der Waals surface area contributed by atoms with Crippen molar-refractivity contribution >= 4 is 115 Å². The average molecular weight is 1540 g/mol. The number of aliphatic hydroxyl groups is 4. The molecule has 7 aromatic heterocycles. The van der Waals surface area contributed by atoms with Gasteiger partial charge in [0.05, 0.1) is 61.5 Å². The van der Waals surface area contributed by atoms with Crippen molar-refractivity contribution in [3.05, 3.63) is 112 Å². The van der Waals surface area contributed by atoms with E-state index in [4.69, 9.17) is 53.3 Å². The number of hydrogen-bond acceptors (Lipinski definition) is 32. The number of esters is 2. The number of hydrogen-bond donors (Lipinski definition) is 12. The summed E-state index contributed by atoms with van der Waals surface area (Å²) in [6, 6.07) is 0.889. The molecule has 0 aliphatic carbocycles. The van der Waals surface area contributed by atoms with Crippen LogP contribution >= 0.6 is 56.7 Å². The molecule has 0 saturated carbocycles. The summed E-state index contributed by atoms with van der Waals surface area (Å²) in [5.74, 6) is -8.86. The molecule has 0 radical (unpaired) electrons. The van der Waals surface area contributed by atoms with E-state index in [-0.39, 0.29) is 118 Å². The molecule has 11 atom stereocenters. The molecule has 41 heteroatoms. The van der Waals surface area contributed by atoms with Crippen LogP contribution in [0.5, 0.6) is 5.75 Å². The number of benzene rings is 1. The minimum Gasteiger partial charge on any atom is -0.506 e. The number of halogens is 3. The largest absolute Gasteiger partial charge is 0.506 e. The Morgan fingerprint density at radius 3 is 2.18 bits per heavy atom. The molecule has 104 heavy (non-hydrogen) atoms. The van der Waals surface area contributed by atoms with E-state index < -0.39 is 146 Å². The molecule has 1 aromatic carbocycles. The van der Waals surface area contributed by atoms with E-state index in [9.17, 15) is 58.3 Å². The lowest BCUT2D eigenvalue weighted by Crippen LogP contribution is -2.62. The van der Waals surface area contributed by atoms with Crippen molar-refractivity contribution in [3.8, 4) is 38.4 Å². The van der Waals surface area contributed by atoms with Gasteiger partial charge in [0, 0.05) is 62.9 Å². The zero-order valence-electron chi connectivity index (χ0n) is 55.6. The van der Waals surface area contributed by atoms with Crippen LogP contribution in [0.3, 0.4) is 0 Å². The van der Waals surface area contributed by atoms with Crippen LogP contribution in [0.1, 0.15) is 120 Å². The summed E-state index contributed by atoms with van der Waals surface area (Å²) in [5.41, 5.74) is -1.49. The number of aliphatic carboxylic acids is 1. The number of rotatable bonds is 11. The number of carbonyl (C=O) groups excluding carboxylic acids is 6. The highest BCUT2D eigenvalue weighted by Crippen LogP contribution is 2.43. The van der Waals surface area contributed by atoms with Crippen molar-refractivity contribution in [1.82, 2.24) is 66.1 Å². The number of aromatic nitrogens is 7. The van der Waals surface area contributed by atoms with Gasteiger partial charge in [0.2, 0.25) is 5.91 Å². The maximum Gasteiger partial charge on any atom is 0.490 e. The Bertz CT molecular complexity index is 4630. The Labute approximate surface area is 606 Å². The molecule has 0 spiro atoms. The summed E-state index contributed by atoms with van der Waals surface area (Å²) in [6.45, 7) is 4.14. The molecular weight excluding hydrogens is 1480 g/mol. The van der Waals surface area contributed by atoms with Crippen molar-refractivity contribution < 1.29 is 111 Å². The number of thiazole rings is 5. The number of amides is 4. The number of aromatic hydroxyl groups is 1. The number of alkyl halides is 3. The van der Waals surface area contributed by atoms with Gasteiger partial charge in [0.25, 0.3) is 17.7 Å². The number of ether oxygens (including phenoxy) is 6. The molecule has 4 aliphatic rings. The first-order chi connectivity index (χ1) is 49.3. The number of carboxylic acids is 1. The first-order valence-corrected chi connectivity index (χ1v) is 35.7. The Hall–Kier alpha value is -9.08. The third-order valence-electron chi connectivity index (χ3n) is 16.7. The summed E-state index contributed by atoms with van der Waals surface area (Å²) in [5, 5.41) is 95.6. The van der Waals surface area contributed by atoms with Crippen LogP contribution in [-0.2, 0) is 62.6 Å². The van der Waals surface area contributed by atoms with Crippen LogP contribution < -0.4 is 26.6 Å². The second kappa shape index (κ2) is 31.3. The van der Waals surface area contributed by atoms with Gasteiger partial charge in [-0.1, -0.05) is 12.1 Å². The summed E-state index contributed by atoms with van der Waals surface area (Å²) in [4.78, 5) is 128. The van der Waals surface area contributed by atoms with Crippen molar-refractivity contribution in [1.29, 1.82) is 0 Å². The van der Waals surface area contributed by atoms with E-state index in [1.165, 1.54) is 49.2 Å². The predicted molar refractivity (Wildman–Crippen MR) is 363 cm³/mol. The van der Waals surface area contributed by atoms with Crippen molar-refractivity contribution in [3.63, 3.8) is 0 Å². The third kappa shape index (κ3) is 16.2. The molecule has 12 bridgehead atoms. The van der Waals surface area contributed by atoms with Crippen molar-refractivity contribution in [2.45, 2.75) is 127 Å². The van der Waals surface area contributed by atoms with Crippen molar-refractivity contribution in [2.75, 3.05) is 41.0 Å². The Morgan fingerprint density at radius 1 is 0.856 bits per heavy atom. The monoisotopic (exact) mass is 1540 g/mol. The van der Waals surface area contributed by atoms with Gasteiger partial charge in [-0.15, -0.1) is 56.7 Å². The minimum absolute atomic E-state index is 0.00116. The Morgan fingerprint density at radius 2 is 1.50 bits per heavy atom. The first kappa shape index (κ1) is 76.1. The van der Waals surface area contributed by atoms with Crippen LogP contribution in [0.25, 0.3) is 49.3 Å². The van der Waals surface area contributed by atoms with Gasteiger partial charge in [0.1, 0.15) is 114 Å². The third-order valence-corrected chi connectivity index (χ3v) is 21.2. The molecule has 33 nitrogen and oxygen atoms in total. The topological polar surface area (TPSA) is 462 Å². The predicted octanol–water partition coefficient (Wildman–Crippen LogP) is 4.24. The summed E-state index contributed by atoms with van der Waals surface area (Å²) >= 11 is 4.86. The molecule has 4 amide bonds. The van der Waals surface area contributed by atoms with Crippen LogP contribution in [-0.4, -0.2) is 219 Å². The molecule has 11 heterocycles. The second-order valence-electron chi connectivity index (χ2n) is 24.4. The lowest BCUT2D eigenvalue weighted by molar-refractivity contribution is -0.280. The van der Waals surface area contributed by atoms with Gasteiger partial charge >= 0.3 is 24.1 Å². The van der Waals surface area contributed by atoms with E-state index >= 15 is 14.4 Å². The standard InChI is InChI=1S/C61H65N13O18S5.C2HF3O2/c1-24(76)41-53(82)71-42(25(2)87-7)56-67-36(23-96-56)52(81)72-45-47-48(92-39-12-61(4,85)49(73(5)6)26(3)91-39)60(84)89-16-27-9-8-10-37-40(27)31(17-88-47)46(74(37)86)59(83)90-18-32(64-50(79)34-22-97-58(45)68-34)55-65-33(20-95-55)43-30(54-66-35(21-94-54)51(80)70-41)11-38(78)44(69-43)57-63-28(19-93-57)13-62-14-29(77)15-75;3-2(4,5)1(6)7/h8-11,19-24,26,29,32,39,41,45,47-49,62,75-78,85-86H,12-18H2,1-7H3,(H,64,79)(H,70,80)(H,71,82)(H,72,81);(H,6,7)/b42-25+;/t24-,26+,29?,32+,39+,41+,45+,47+,48+,49-,61+;/m1./s1. The number of likely N-dealkylation sites (N-methyl/N-ethyl adjacent to an activating group) is 1. The van der Waals surface area contributed by atoms with Gasteiger partial charge in [-0.05, 0) is 59.5 Å². The van der Waals surface area contributed by atoms with Gasteiger partial charge < -0.3 is 95.8 Å². The fraction of sp³-hybridized carbons (Fsp3) is 0.413. The maximum atomic E-state index is 15.2. The zero-order valence-corrected chi connectivity index (χ0v) is 59.7. The molecule has 554 valence electrons. The molecule has 1 unspecified atom stereocenters. The smallest absolute Gasteiger partial charge is 0.490 e. The molecule has 8 aromatic rings. The lowest BCUT2D eigenvalue weighted by Gasteiger charge is -2.48. The van der Waals surface area contributed by atoms with E-state index in [0.717, 1.165) is 56.7 Å². The van der Waals surface area contributed by atoms with E-state index in [1.807, 2.05) is 0 Å². The van der Waals surface area contributed by atoms with Gasteiger partial charge in [0.15, 0.2) is 18.1 Å². The number of methoxy groups -OCH3 is 1. The number of carbonyl (C=O) groups is 7. The first-order valence-electron chi connectivity index (χ1n) is 31.3. The zero-order chi connectivity index (χ0) is 75.0. The molecule has 12 rings (SSSR count). The number of cyclic esters (lactones) is 2. The van der Waals surface area contributed by atoms with Gasteiger partial charge in [-0.2, -0.15) is 17.9 Å². The fourth-order valence-corrected chi connectivity index (χ4v) is 16.1. The van der Waals surface area contributed by atoms with Crippen LogP contribution in [0, 0.1) is 0 Å². The average Bonchev–Trinajstić information content (AvgIpc) is 1.46. The van der Waals surface area contributed by atoms with Crippen LogP contribution in [0.2, 0.25) is 0 Å². The van der Waals surface area contributed by atoms with Crippen LogP contribution in [0.4, 0.5) is 13.2 Å². The number of fused-ring (bicyclic) bond motifs is 15. The number of allylic oxidation sites excluding steroid dienone is 1. The highest BCUT2D eigenvalue weighted by molar-refractivity contribution is 7.14. The summed E-state index contributed by atoms with van der Waals surface area (Å²) in [6.07, 6.45) is -13.6.